The molecule has 0 fully saturated rings. The van der Waals surface area contributed by atoms with Gasteiger partial charge in [0, 0.05) is 21.3 Å². The van der Waals surface area contributed by atoms with Gasteiger partial charge >= 0.3 is 0 Å². The molecule has 18 heavy (non-hydrogen) atoms. The fraction of sp³-hybridized carbons (Fsp3) is 0.455. The van der Waals surface area contributed by atoms with Crippen molar-refractivity contribution in [2.75, 3.05) is 11.5 Å². The highest BCUT2D eigenvalue weighted by Crippen LogP contribution is 2.23. The maximum Gasteiger partial charge on any atom is 0.232 e. The Labute approximate surface area is 121 Å². The van der Waals surface area contributed by atoms with Crippen molar-refractivity contribution in [3.63, 3.8) is 0 Å². The highest BCUT2D eigenvalue weighted by molar-refractivity contribution is 9.10. The summed E-state index contributed by atoms with van der Waals surface area (Å²) in [6, 6.07) is 1.78. The lowest BCUT2D eigenvalue weighted by Gasteiger charge is -2.07. The van der Waals surface area contributed by atoms with E-state index in [9.17, 15) is 13.8 Å². The first-order valence-electron chi connectivity index (χ1n) is 5.30. The van der Waals surface area contributed by atoms with Gasteiger partial charge in [0.05, 0.1) is 10.6 Å². The summed E-state index contributed by atoms with van der Waals surface area (Å²) in [5.41, 5.74) is 0. The van der Waals surface area contributed by atoms with Crippen molar-refractivity contribution in [3.05, 3.63) is 20.8 Å². The van der Waals surface area contributed by atoms with Crippen LogP contribution in [0.15, 0.2) is 15.9 Å². The Kier molecular flexibility index (Phi) is 6.17. The summed E-state index contributed by atoms with van der Waals surface area (Å²) >= 11 is 4.55. The van der Waals surface area contributed by atoms with E-state index < -0.39 is 10.8 Å². The minimum absolute atomic E-state index is 0.0108. The molecule has 1 aromatic heterocycles. The molecule has 1 atom stereocenters. The van der Waals surface area contributed by atoms with Gasteiger partial charge in [0.25, 0.3) is 0 Å². The summed E-state index contributed by atoms with van der Waals surface area (Å²) in [5, 5.41) is 4.43. The zero-order chi connectivity index (χ0) is 13.7. The Morgan fingerprint density at radius 2 is 2.11 bits per heavy atom. The van der Waals surface area contributed by atoms with Crippen molar-refractivity contribution >= 4 is 49.8 Å². The number of ketones is 1. The average molecular weight is 352 g/mol. The fourth-order valence-electron chi connectivity index (χ4n) is 1.27. The van der Waals surface area contributed by atoms with Crippen LogP contribution in [0.1, 0.15) is 23.5 Å². The molecule has 0 aliphatic heterocycles. The Morgan fingerprint density at radius 3 is 2.61 bits per heavy atom. The molecule has 1 amide bonds. The van der Waals surface area contributed by atoms with E-state index in [2.05, 4.69) is 21.2 Å². The minimum Gasteiger partial charge on any atom is -0.353 e. The standard InChI is InChI=1S/C11H14BrNO3S2/c1-7(2)13-10(15)6-18(16)5-9(14)11-8(12)3-4-17-11/h3-4,7H,5-6H2,1-2H3,(H,13,15). The van der Waals surface area contributed by atoms with Crippen LogP contribution in [0.2, 0.25) is 0 Å². The van der Waals surface area contributed by atoms with Crippen LogP contribution in [-0.2, 0) is 15.6 Å². The van der Waals surface area contributed by atoms with Gasteiger partial charge in [-0.3, -0.25) is 13.8 Å². The lowest BCUT2D eigenvalue weighted by atomic mass is 10.3. The molecule has 7 heteroatoms. The average Bonchev–Trinajstić information content (AvgIpc) is 2.62. The van der Waals surface area contributed by atoms with E-state index >= 15 is 0 Å². The number of nitrogens with one attached hydrogen (secondary N) is 1. The molecule has 1 unspecified atom stereocenters. The predicted octanol–water partition coefficient (Wildman–Crippen LogP) is 1.97. The minimum atomic E-state index is -1.47. The van der Waals surface area contributed by atoms with E-state index in [1.54, 1.807) is 11.4 Å². The summed E-state index contributed by atoms with van der Waals surface area (Å²) in [7, 11) is -1.47. The number of thiophene rings is 1. The number of amides is 1. The van der Waals surface area contributed by atoms with Gasteiger partial charge in [-0.2, -0.15) is 0 Å². The molecule has 4 nitrogen and oxygen atoms in total. The smallest absolute Gasteiger partial charge is 0.232 e. The number of Topliss-reactive ketones (excluding diaryl/α,β-unsaturated/α-hetero) is 1. The lowest BCUT2D eigenvalue weighted by molar-refractivity contribution is -0.119. The summed E-state index contributed by atoms with van der Waals surface area (Å²) in [5.74, 6) is -0.744. The number of rotatable bonds is 6. The lowest BCUT2D eigenvalue weighted by Crippen LogP contribution is -2.34. The highest BCUT2D eigenvalue weighted by atomic mass is 79.9. The molecule has 1 heterocycles. The first kappa shape index (κ1) is 15.5. The number of carbonyl (C=O) groups is 2. The topological polar surface area (TPSA) is 63.2 Å². The Balaban J connectivity index is 2.48. The number of carbonyl (C=O) groups excluding carboxylic acids is 2. The predicted molar refractivity (Wildman–Crippen MR) is 77.5 cm³/mol. The molecular formula is C11H14BrNO3S2. The fourth-order valence-corrected chi connectivity index (χ4v) is 3.80. The van der Waals surface area contributed by atoms with Crippen LogP contribution in [0.4, 0.5) is 0 Å². The van der Waals surface area contributed by atoms with Crippen LogP contribution in [0, 0.1) is 0 Å². The number of halogens is 1. The maximum atomic E-state index is 11.8. The third-order valence-corrected chi connectivity index (χ3v) is 4.95. The van der Waals surface area contributed by atoms with E-state index in [4.69, 9.17) is 0 Å². The number of hydrogen-bond acceptors (Lipinski definition) is 4. The largest absolute Gasteiger partial charge is 0.353 e. The molecular weight excluding hydrogens is 338 g/mol. The maximum absolute atomic E-state index is 11.8. The SMILES string of the molecule is CC(C)NC(=O)CS(=O)CC(=O)c1sccc1Br. The Bertz CT molecular complexity index is 471. The van der Waals surface area contributed by atoms with Gasteiger partial charge in [-0.05, 0) is 41.2 Å². The first-order chi connectivity index (χ1) is 8.40. The molecule has 1 rings (SSSR count). The Hall–Kier alpha value is -0.530. The second-order valence-electron chi connectivity index (χ2n) is 3.97. The van der Waals surface area contributed by atoms with E-state index in [0.29, 0.717) is 9.35 Å². The van der Waals surface area contributed by atoms with Gasteiger partial charge in [-0.1, -0.05) is 0 Å². The highest BCUT2D eigenvalue weighted by Gasteiger charge is 2.17. The van der Waals surface area contributed by atoms with Crippen LogP contribution < -0.4 is 5.32 Å². The molecule has 1 aromatic rings. The second kappa shape index (κ2) is 7.16. The van der Waals surface area contributed by atoms with Gasteiger partial charge in [0.1, 0.15) is 5.75 Å². The quantitative estimate of drug-likeness (QED) is 0.797. The van der Waals surface area contributed by atoms with E-state index in [1.807, 2.05) is 13.8 Å². The molecule has 0 spiro atoms. The summed E-state index contributed by atoms with van der Waals surface area (Å²) < 4.78 is 12.4. The first-order valence-corrected chi connectivity index (χ1v) is 8.46. The molecule has 0 saturated carbocycles. The summed E-state index contributed by atoms with van der Waals surface area (Å²) in [4.78, 5) is 23.7. The zero-order valence-corrected chi connectivity index (χ0v) is 13.3. The van der Waals surface area contributed by atoms with E-state index in [-0.39, 0.29) is 29.2 Å². The van der Waals surface area contributed by atoms with Gasteiger partial charge in [0.2, 0.25) is 5.91 Å². The van der Waals surface area contributed by atoms with Crippen LogP contribution >= 0.6 is 27.3 Å². The summed E-state index contributed by atoms with van der Waals surface area (Å²) in [6.45, 7) is 3.66. The molecule has 0 aliphatic carbocycles. The van der Waals surface area contributed by atoms with Crippen molar-refractivity contribution < 1.29 is 13.8 Å². The van der Waals surface area contributed by atoms with Crippen LogP contribution in [0.3, 0.4) is 0 Å². The Morgan fingerprint density at radius 1 is 1.44 bits per heavy atom. The zero-order valence-electron chi connectivity index (χ0n) is 10.1. The van der Waals surface area contributed by atoms with Crippen LogP contribution in [0.25, 0.3) is 0 Å². The van der Waals surface area contributed by atoms with Crippen molar-refractivity contribution in [3.8, 4) is 0 Å². The van der Waals surface area contributed by atoms with Crippen molar-refractivity contribution in [1.82, 2.24) is 5.32 Å². The third kappa shape index (κ3) is 4.99. The van der Waals surface area contributed by atoms with E-state index in [0.717, 1.165) is 0 Å². The van der Waals surface area contributed by atoms with Crippen LogP contribution in [0.5, 0.6) is 0 Å². The molecule has 0 radical (unpaired) electrons. The van der Waals surface area contributed by atoms with Crippen molar-refractivity contribution in [1.29, 1.82) is 0 Å². The van der Waals surface area contributed by atoms with Crippen molar-refractivity contribution in [2.45, 2.75) is 19.9 Å². The van der Waals surface area contributed by atoms with Gasteiger partial charge in [-0.25, -0.2) is 0 Å². The molecule has 0 bridgehead atoms. The molecule has 0 aliphatic rings. The third-order valence-electron chi connectivity index (χ3n) is 1.90. The summed E-state index contributed by atoms with van der Waals surface area (Å²) in [6.07, 6.45) is 0. The van der Waals surface area contributed by atoms with Gasteiger partial charge in [0.15, 0.2) is 5.78 Å². The van der Waals surface area contributed by atoms with Crippen LogP contribution in [-0.4, -0.2) is 33.4 Å². The van der Waals surface area contributed by atoms with Gasteiger partial charge < -0.3 is 5.32 Å². The van der Waals surface area contributed by atoms with Gasteiger partial charge in [-0.15, -0.1) is 11.3 Å². The normalized spacial score (nSPS) is 12.4. The monoisotopic (exact) mass is 351 g/mol. The molecule has 1 N–H and O–H groups in total. The number of hydrogen-bond donors (Lipinski definition) is 1. The van der Waals surface area contributed by atoms with Crippen molar-refractivity contribution in [2.24, 2.45) is 0 Å². The molecule has 100 valence electrons. The second-order valence-corrected chi connectivity index (χ2v) is 7.20. The molecule has 0 saturated heterocycles. The van der Waals surface area contributed by atoms with E-state index in [1.165, 1.54) is 11.3 Å². The molecule has 0 aromatic carbocycles.